The number of aliphatic hydroxyl groups is 1. The number of aliphatic hydroxyl groups excluding tert-OH is 1. The van der Waals surface area contributed by atoms with E-state index in [9.17, 15) is 5.11 Å². The fourth-order valence-electron chi connectivity index (χ4n) is 3.03. The van der Waals surface area contributed by atoms with Crippen molar-refractivity contribution in [2.45, 2.75) is 56.7 Å². The largest absolute Gasteiger partial charge is 0.393 e. The number of aryl methyl sites for hydroxylation is 1. The first-order chi connectivity index (χ1) is 8.22. The SMILES string of the molecule is OC1CCC(NC2CCc3sc(Cl)cc32)CC1. The molecule has 0 radical (unpaired) electrons. The van der Waals surface area contributed by atoms with Gasteiger partial charge in [0.1, 0.15) is 0 Å². The molecular weight excluding hydrogens is 254 g/mol. The maximum atomic E-state index is 9.51. The predicted molar refractivity (Wildman–Crippen MR) is 71.8 cm³/mol. The molecule has 94 valence electrons. The molecule has 1 atom stereocenters. The van der Waals surface area contributed by atoms with Crippen molar-refractivity contribution < 1.29 is 5.11 Å². The lowest BCUT2D eigenvalue weighted by Crippen LogP contribution is -2.36. The lowest BCUT2D eigenvalue weighted by Gasteiger charge is -2.29. The second-order valence-electron chi connectivity index (χ2n) is 5.19. The Morgan fingerprint density at radius 3 is 2.76 bits per heavy atom. The molecular formula is C13H18ClNOS. The third-order valence-electron chi connectivity index (χ3n) is 3.98. The van der Waals surface area contributed by atoms with Gasteiger partial charge in [0, 0.05) is 17.0 Å². The van der Waals surface area contributed by atoms with E-state index >= 15 is 0 Å². The van der Waals surface area contributed by atoms with Crippen LogP contribution in [0, 0.1) is 0 Å². The Bertz CT molecular complexity index is 398. The van der Waals surface area contributed by atoms with Gasteiger partial charge in [-0.15, -0.1) is 11.3 Å². The molecule has 2 aliphatic carbocycles. The van der Waals surface area contributed by atoms with E-state index in [1.807, 2.05) is 0 Å². The summed E-state index contributed by atoms with van der Waals surface area (Å²) in [7, 11) is 0. The van der Waals surface area contributed by atoms with Crippen LogP contribution in [0.2, 0.25) is 4.34 Å². The van der Waals surface area contributed by atoms with Crippen LogP contribution in [-0.2, 0) is 6.42 Å². The van der Waals surface area contributed by atoms with Crippen molar-refractivity contribution in [3.05, 3.63) is 20.8 Å². The minimum atomic E-state index is -0.0669. The zero-order chi connectivity index (χ0) is 11.8. The van der Waals surface area contributed by atoms with Gasteiger partial charge < -0.3 is 10.4 Å². The summed E-state index contributed by atoms with van der Waals surface area (Å²) in [6, 6.07) is 3.20. The van der Waals surface area contributed by atoms with Crippen LogP contribution in [0.3, 0.4) is 0 Å². The summed E-state index contributed by atoms with van der Waals surface area (Å²) >= 11 is 7.79. The van der Waals surface area contributed by atoms with Gasteiger partial charge in [0.25, 0.3) is 0 Å². The Hall–Kier alpha value is -0.0900. The van der Waals surface area contributed by atoms with Gasteiger partial charge in [0.2, 0.25) is 0 Å². The number of hydrogen-bond acceptors (Lipinski definition) is 3. The number of thiophene rings is 1. The number of rotatable bonds is 2. The van der Waals surface area contributed by atoms with Crippen molar-refractivity contribution in [1.82, 2.24) is 5.32 Å². The minimum Gasteiger partial charge on any atom is -0.393 e. The lowest BCUT2D eigenvalue weighted by molar-refractivity contribution is 0.114. The highest BCUT2D eigenvalue weighted by Crippen LogP contribution is 2.40. The Kier molecular flexibility index (Phi) is 3.44. The second kappa shape index (κ2) is 4.88. The van der Waals surface area contributed by atoms with Crippen molar-refractivity contribution in [2.75, 3.05) is 0 Å². The average Bonchev–Trinajstić information content (AvgIpc) is 2.83. The number of hydrogen-bond donors (Lipinski definition) is 2. The van der Waals surface area contributed by atoms with E-state index in [2.05, 4.69) is 11.4 Å². The molecule has 0 bridgehead atoms. The van der Waals surface area contributed by atoms with Gasteiger partial charge in [-0.2, -0.15) is 0 Å². The molecule has 2 N–H and O–H groups in total. The molecule has 3 rings (SSSR count). The molecule has 1 unspecified atom stereocenters. The summed E-state index contributed by atoms with van der Waals surface area (Å²) in [6.07, 6.45) is 6.40. The monoisotopic (exact) mass is 271 g/mol. The summed E-state index contributed by atoms with van der Waals surface area (Å²) in [5.41, 5.74) is 1.42. The van der Waals surface area contributed by atoms with Gasteiger partial charge >= 0.3 is 0 Å². The minimum absolute atomic E-state index is 0.0669. The van der Waals surface area contributed by atoms with Gasteiger partial charge in [0.05, 0.1) is 10.4 Å². The maximum Gasteiger partial charge on any atom is 0.0934 e. The van der Waals surface area contributed by atoms with Crippen molar-refractivity contribution >= 4 is 22.9 Å². The first-order valence-corrected chi connectivity index (χ1v) is 7.64. The van der Waals surface area contributed by atoms with Crippen molar-refractivity contribution in [3.8, 4) is 0 Å². The standard InChI is InChI=1S/C13H18ClNOS/c14-13-7-10-11(5-6-12(10)17-13)15-8-1-3-9(16)4-2-8/h7-9,11,15-16H,1-6H2. The molecule has 0 aliphatic heterocycles. The summed E-state index contributed by atoms with van der Waals surface area (Å²) in [4.78, 5) is 1.46. The molecule has 1 aromatic heterocycles. The first kappa shape index (κ1) is 12.0. The Morgan fingerprint density at radius 1 is 1.24 bits per heavy atom. The van der Waals surface area contributed by atoms with E-state index in [0.717, 1.165) is 30.0 Å². The zero-order valence-electron chi connectivity index (χ0n) is 9.79. The third-order valence-corrected chi connectivity index (χ3v) is 5.32. The van der Waals surface area contributed by atoms with E-state index in [0.29, 0.717) is 12.1 Å². The zero-order valence-corrected chi connectivity index (χ0v) is 11.4. The van der Waals surface area contributed by atoms with Crippen molar-refractivity contribution in [2.24, 2.45) is 0 Å². The third kappa shape index (κ3) is 2.53. The lowest BCUT2D eigenvalue weighted by atomic mass is 9.92. The van der Waals surface area contributed by atoms with Crippen LogP contribution in [-0.4, -0.2) is 17.3 Å². The molecule has 4 heteroatoms. The molecule has 1 saturated carbocycles. The van der Waals surface area contributed by atoms with Crippen LogP contribution < -0.4 is 5.32 Å². The molecule has 0 spiro atoms. The smallest absolute Gasteiger partial charge is 0.0934 e. The van der Waals surface area contributed by atoms with Crippen molar-refractivity contribution in [1.29, 1.82) is 0 Å². The number of fused-ring (bicyclic) bond motifs is 1. The van der Waals surface area contributed by atoms with Gasteiger partial charge in [0.15, 0.2) is 0 Å². The maximum absolute atomic E-state index is 9.51. The molecule has 2 aliphatic rings. The van der Waals surface area contributed by atoms with Crippen LogP contribution in [0.25, 0.3) is 0 Å². The molecule has 2 nitrogen and oxygen atoms in total. The highest BCUT2D eigenvalue weighted by molar-refractivity contribution is 7.16. The molecule has 1 aromatic rings. The molecule has 17 heavy (non-hydrogen) atoms. The molecule has 0 aromatic carbocycles. The summed E-state index contributed by atoms with van der Waals surface area (Å²) < 4.78 is 0.917. The van der Waals surface area contributed by atoms with Crippen LogP contribution in [0.5, 0.6) is 0 Å². The summed E-state index contributed by atoms with van der Waals surface area (Å²) in [6.45, 7) is 0. The molecule has 1 fully saturated rings. The molecule has 0 saturated heterocycles. The molecule has 0 amide bonds. The van der Waals surface area contributed by atoms with Crippen LogP contribution in [0.1, 0.15) is 48.6 Å². The average molecular weight is 272 g/mol. The Morgan fingerprint density at radius 2 is 2.00 bits per heavy atom. The Labute approximate surface area is 111 Å². The van der Waals surface area contributed by atoms with E-state index in [1.165, 1.54) is 23.3 Å². The quantitative estimate of drug-likeness (QED) is 0.865. The van der Waals surface area contributed by atoms with Crippen LogP contribution in [0.15, 0.2) is 6.07 Å². The Balaban J connectivity index is 1.63. The van der Waals surface area contributed by atoms with E-state index in [-0.39, 0.29) is 6.10 Å². The first-order valence-electron chi connectivity index (χ1n) is 6.44. The fraction of sp³-hybridized carbons (Fsp3) is 0.692. The number of halogens is 1. The highest BCUT2D eigenvalue weighted by Gasteiger charge is 2.28. The van der Waals surface area contributed by atoms with E-state index < -0.39 is 0 Å². The predicted octanol–water partition coefficient (Wildman–Crippen LogP) is 3.28. The molecule has 1 heterocycles. The summed E-state index contributed by atoms with van der Waals surface area (Å²) in [5.74, 6) is 0. The highest BCUT2D eigenvalue weighted by atomic mass is 35.5. The van der Waals surface area contributed by atoms with Crippen LogP contribution >= 0.6 is 22.9 Å². The second-order valence-corrected chi connectivity index (χ2v) is 6.96. The van der Waals surface area contributed by atoms with Gasteiger partial charge in [-0.1, -0.05) is 11.6 Å². The number of nitrogens with one attached hydrogen (secondary N) is 1. The van der Waals surface area contributed by atoms with E-state index in [4.69, 9.17) is 11.6 Å². The topological polar surface area (TPSA) is 32.3 Å². The van der Waals surface area contributed by atoms with Gasteiger partial charge in [-0.3, -0.25) is 0 Å². The van der Waals surface area contributed by atoms with Crippen LogP contribution in [0.4, 0.5) is 0 Å². The van der Waals surface area contributed by atoms with E-state index in [1.54, 1.807) is 11.3 Å². The van der Waals surface area contributed by atoms with Gasteiger partial charge in [-0.05, 0) is 50.2 Å². The summed E-state index contributed by atoms with van der Waals surface area (Å²) in [5, 5.41) is 13.3. The normalized spacial score (nSPS) is 32.7. The fourth-order valence-corrected chi connectivity index (χ4v) is 4.39. The van der Waals surface area contributed by atoms with Crippen molar-refractivity contribution in [3.63, 3.8) is 0 Å². The van der Waals surface area contributed by atoms with Gasteiger partial charge in [-0.25, -0.2) is 0 Å².